The zero-order valence-corrected chi connectivity index (χ0v) is 16.5. The van der Waals surface area contributed by atoms with Crippen LogP contribution in [0.1, 0.15) is 90.4 Å². The highest BCUT2D eigenvalue weighted by molar-refractivity contribution is 7.48. The van der Waals surface area contributed by atoms with Crippen LogP contribution in [0, 0.1) is 0 Å². The Morgan fingerprint density at radius 3 is 1.92 bits per heavy atom. The lowest BCUT2D eigenvalue weighted by atomic mass is 10.1. The Bertz CT molecular complexity index is 369. The van der Waals surface area contributed by atoms with E-state index < -0.39 is 19.9 Å². The first-order valence-corrected chi connectivity index (χ1v) is 11.4. The minimum atomic E-state index is -4.61. The van der Waals surface area contributed by atoms with Crippen LogP contribution >= 0.6 is 7.60 Å². The third-order valence-corrected chi connectivity index (χ3v) is 4.96. The summed E-state index contributed by atoms with van der Waals surface area (Å²) in [6, 6.07) is 0. The molecule has 0 aliphatic rings. The van der Waals surface area contributed by atoms with Crippen molar-refractivity contribution < 1.29 is 29.0 Å². The average molecular weight is 378 g/mol. The number of ether oxygens (including phenoxy) is 1. The third-order valence-electron chi connectivity index (χ3n) is 4.16. The maximum Gasteiger partial charge on any atom is 0.305 e. The van der Waals surface area contributed by atoms with Gasteiger partial charge in [-0.15, -0.1) is 0 Å². The summed E-state index contributed by atoms with van der Waals surface area (Å²) in [5, 5.41) is 9.45. The Hall–Kier alpha value is -0.420. The van der Waals surface area contributed by atoms with Crippen molar-refractivity contribution in [2.45, 2.75) is 96.5 Å². The van der Waals surface area contributed by atoms with E-state index >= 15 is 0 Å². The van der Waals surface area contributed by atoms with Crippen molar-refractivity contribution in [3.63, 3.8) is 0 Å². The fraction of sp³-hybridized carbons (Fsp3) is 0.944. The fourth-order valence-electron chi connectivity index (χ4n) is 2.59. The molecule has 0 aliphatic carbocycles. The summed E-state index contributed by atoms with van der Waals surface area (Å²) >= 11 is 0. The van der Waals surface area contributed by atoms with Gasteiger partial charge in [-0.05, 0) is 19.0 Å². The molecule has 25 heavy (non-hydrogen) atoms. The highest BCUT2D eigenvalue weighted by Gasteiger charge is 2.09. The maximum atomic E-state index is 11.5. The molecule has 0 fully saturated rings. The highest BCUT2D eigenvalue weighted by atomic mass is 31.2. The predicted octanol–water partition coefficient (Wildman–Crippen LogP) is 2.90. The van der Waals surface area contributed by atoms with Crippen molar-refractivity contribution in [2.24, 2.45) is 0 Å². The topological polar surface area (TPSA) is 110 Å². The van der Waals surface area contributed by atoms with Gasteiger partial charge in [-0.25, -0.2) is 0 Å². The molecule has 0 bridgehead atoms. The molecule has 0 rings (SSSR count). The molecule has 0 saturated heterocycles. The lowest BCUT2D eigenvalue weighted by Gasteiger charge is -2.30. The summed E-state index contributed by atoms with van der Waals surface area (Å²) in [7, 11) is -4.61. The molecule has 150 valence electrons. The van der Waals surface area contributed by atoms with E-state index in [1.165, 1.54) is 51.4 Å². The molecule has 0 aromatic heterocycles. The number of aliphatic hydroxyl groups excluding tert-OH is 1. The number of hydrogen-bond acceptors (Lipinski definition) is 6. The van der Waals surface area contributed by atoms with Gasteiger partial charge >= 0.3 is 5.97 Å². The molecule has 0 amide bonds. The van der Waals surface area contributed by atoms with E-state index in [-0.39, 0.29) is 19.0 Å². The van der Waals surface area contributed by atoms with Crippen LogP contribution in [0.4, 0.5) is 0 Å². The Morgan fingerprint density at radius 2 is 1.44 bits per heavy atom. The van der Waals surface area contributed by atoms with Gasteiger partial charge in [0.05, 0.1) is 6.10 Å². The minimum Gasteiger partial charge on any atom is -0.811 e. The largest absolute Gasteiger partial charge is 0.811 e. The molecule has 0 aromatic carbocycles. The quantitative estimate of drug-likeness (QED) is 0.237. The van der Waals surface area contributed by atoms with Crippen LogP contribution in [0.5, 0.6) is 0 Å². The number of rotatable bonds is 17. The van der Waals surface area contributed by atoms with E-state index in [0.717, 1.165) is 19.3 Å². The molecule has 0 aliphatic heterocycles. The second-order valence-corrected chi connectivity index (χ2v) is 8.41. The molecule has 0 radical (unpaired) electrons. The van der Waals surface area contributed by atoms with E-state index in [9.17, 15) is 24.3 Å². The van der Waals surface area contributed by atoms with Gasteiger partial charge in [-0.1, -0.05) is 78.7 Å². The normalized spacial score (nSPS) is 13.0. The molecule has 0 saturated carbocycles. The molecular formula is C18H35O6P-2. The van der Waals surface area contributed by atoms with Crippen molar-refractivity contribution in [1.29, 1.82) is 0 Å². The van der Waals surface area contributed by atoms with Crippen LogP contribution in [0.2, 0.25) is 0 Å². The fourth-order valence-corrected chi connectivity index (χ4v) is 3.20. The van der Waals surface area contributed by atoms with Crippen molar-refractivity contribution >= 4 is 13.6 Å². The van der Waals surface area contributed by atoms with Gasteiger partial charge in [0.25, 0.3) is 0 Å². The molecule has 1 N–H and O–H groups in total. The smallest absolute Gasteiger partial charge is 0.305 e. The van der Waals surface area contributed by atoms with Gasteiger partial charge in [-0.2, -0.15) is 0 Å². The Morgan fingerprint density at radius 1 is 0.960 bits per heavy atom. The van der Waals surface area contributed by atoms with Gasteiger partial charge in [0.2, 0.25) is 0 Å². The molecule has 0 aromatic rings. The van der Waals surface area contributed by atoms with E-state index in [0.29, 0.717) is 6.42 Å². The number of unbranched alkanes of at least 4 members (excludes halogenated alkanes) is 10. The highest BCUT2D eigenvalue weighted by Crippen LogP contribution is 2.24. The van der Waals surface area contributed by atoms with Crippen molar-refractivity contribution in [3.8, 4) is 0 Å². The molecule has 7 heteroatoms. The number of carbonyl (C=O) groups excluding carboxylic acids is 1. The lowest BCUT2D eigenvalue weighted by molar-refractivity contribution is -0.313. The van der Waals surface area contributed by atoms with Crippen LogP contribution in [-0.4, -0.2) is 29.9 Å². The van der Waals surface area contributed by atoms with E-state index in [1.807, 2.05) is 0 Å². The van der Waals surface area contributed by atoms with Crippen LogP contribution < -0.4 is 9.79 Å². The first-order chi connectivity index (χ1) is 11.8. The summed E-state index contributed by atoms with van der Waals surface area (Å²) in [6.07, 6.45) is 11.6. The second kappa shape index (κ2) is 15.8. The van der Waals surface area contributed by atoms with Crippen molar-refractivity contribution in [3.05, 3.63) is 0 Å². The zero-order chi connectivity index (χ0) is 19.0. The van der Waals surface area contributed by atoms with Crippen LogP contribution in [0.3, 0.4) is 0 Å². The molecule has 1 atom stereocenters. The van der Waals surface area contributed by atoms with Gasteiger partial charge in [0.1, 0.15) is 6.61 Å². The maximum absolute atomic E-state index is 11.5. The number of aliphatic hydroxyl groups is 1. The molecule has 0 heterocycles. The Kier molecular flexibility index (Phi) is 15.5. The SMILES string of the molecule is CCCCCCCCCCCCCC(=O)OCC(O)CCP(=O)([O-])[O-]. The summed E-state index contributed by atoms with van der Waals surface area (Å²) in [4.78, 5) is 32.4. The first-order valence-electron chi connectivity index (χ1n) is 9.70. The molecule has 1 unspecified atom stereocenters. The van der Waals surface area contributed by atoms with E-state index in [1.54, 1.807) is 0 Å². The van der Waals surface area contributed by atoms with Crippen LogP contribution in [0.25, 0.3) is 0 Å². The Labute approximate surface area is 152 Å². The zero-order valence-electron chi connectivity index (χ0n) is 15.6. The molecule has 0 spiro atoms. The van der Waals surface area contributed by atoms with Gasteiger partial charge in [0.15, 0.2) is 0 Å². The van der Waals surface area contributed by atoms with Gasteiger partial charge < -0.3 is 24.2 Å². The van der Waals surface area contributed by atoms with E-state index in [2.05, 4.69) is 6.92 Å². The van der Waals surface area contributed by atoms with E-state index in [4.69, 9.17) is 4.74 Å². The lowest BCUT2D eigenvalue weighted by Crippen LogP contribution is -2.24. The van der Waals surface area contributed by atoms with Gasteiger partial charge in [0, 0.05) is 6.42 Å². The first kappa shape index (κ1) is 24.6. The molecular weight excluding hydrogens is 343 g/mol. The number of esters is 1. The van der Waals surface area contributed by atoms with Gasteiger partial charge in [-0.3, -0.25) is 4.79 Å². The molecule has 6 nitrogen and oxygen atoms in total. The predicted molar refractivity (Wildman–Crippen MR) is 95.1 cm³/mol. The Balaban J connectivity index is 3.37. The van der Waals surface area contributed by atoms with Crippen molar-refractivity contribution in [1.82, 2.24) is 0 Å². The summed E-state index contributed by atoms with van der Waals surface area (Å²) in [5.41, 5.74) is 0. The van der Waals surface area contributed by atoms with Crippen LogP contribution in [-0.2, 0) is 14.1 Å². The van der Waals surface area contributed by atoms with Crippen molar-refractivity contribution in [2.75, 3.05) is 12.8 Å². The summed E-state index contributed by atoms with van der Waals surface area (Å²) < 4.78 is 15.3. The number of hydrogen-bond donors (Lipinski definition) is 1. The third kappa shape index (κ3) is 19.7. The number of carbonyl (C=O) groups is 1. The summed E-state index contributed by atoms with van der Waals surface area (Å²) in [6.45, 7) is 1.97. The average Bonchev–Trinajstić information content (AvgIpc) is 2.55. The summed E-state index contributed by atoms with van der Waals surface area (Å²) in [5.74, 6) is -0.387. The second-order valence-electron chi connectivity index (χ2n) is 6.75. The standard InChI is InChI=1S/C18H37O6P/c1-2-3-4-5-6-7-8-9-10-11-12-13-18(20)24-16-17(19)14-15-25(21,22)23/h17,19H,2-16H2,1H3,(H2,21,22,23)/p-2. The van der Waals surface area contributed by atoms with Crippen LogP contribution in [0.15, 0.2) is 0 Å². The minimum absolute atomic E-state index is 0.198. The monoisotopic (exact) mass is 378 g/mol.